The van der Waals surface area contributed by atoms with Crippen molar-refractivity contribution in [1.29, 1.82) is 5.26 Å². The first-order chi connectivity index (χ1) is 1.00. The Morgan fingerprint density at radius 2 is 1.00 bits per heavy atom. The molecular formula is CH5NO2Ti. The summed E-state index contributed by atoms with van der Waals surface area (Å²) in [5.74, 6) is 0. The average molecular weight is 111 g/mol. The molecular weight excluding hydrogens is 106 g/mol. The van der Waals surface area contributed by atoms with Crippen LogP contribution in [0.1, 0.15) is 0 Å². The minimum absolute atomic E-state index is 0. The second-order valence-corrected chi connectivity index (χ2v) is 0. The first-order valence-electron chi connectivity index (χ1n) is 0.258. The van der Waals surface area contributed by atoms with Crippen LogP contribution >= 0.6 is 0 Å². The van der Waals surface area contributed by atoms with Crippen LogP contribution in [-0.4, -0.2) is 11.0 Å². The Morgan fingerprint density at radius 1 is 1.00 bits per heavy atom. The van der Waals surface area contributed by atoms with Crippen LogP contribution in [0.5, 0.6) is 0 Å². The molecule has 0 heterocycles. The topological polar surface area (TPSA) is 86.8 Å². The zero-order chi connectivity index (χ0) is 2.00. The van der Waals surface area contributed by atoms with Gasteiger partial charge in [-0.2, -0.15) is 0 Å². The molecule has 0 rings (SSSR count). The quantitative estimate of drug-likeness (QED) is 0.349. The van der Waals surface area contributed by atoms with E-state index in [-0.39, 0.29) is 32.7 Å². The minimum atomic E-state index is 0. The Bertz CT molecular complexity index is 14.4. The summed E-state index contributed by atoms with van der Waals surface area (Å²) >= 11 is 0. The van der Waals surface area contributed by atoms with E-state index in [2.05, 4.69) is 6.57 Å². The SMILES string of the molecule is C#N.O.O.[Ti]. The molecule has 0 bridgehead atoms. The van der Waals surface area contributed by atoms with Gasteiger partial charge in [0.1, 0.15) is 0 Å². The molecule has 0 atom stereocenters. The van der Waals surface area contributed by atoms with Crippen molar-refractivity contribution in [2.75, 3.05) is 0 Å². The Balaban J connectivity index is -0.00000000167. The fourth-order valence-electron chi connectivity index (χ4n) is 0. The maximum Gasteiger partial charge on any atom is 0.0462 e. The van der Waals surface area contributed by atoms with Crippen LogP contribution in [0.2, 0.25) is 0 Å². The van der Waals surface area contributed by atoms with Gasteiger partial charge in [-0.15, -0.1) is 0 Å². The van der Waals surface area contributed by atoms with Crippen LogP contribution < -0.4 is 0 Å². The molecule has 0 saturated carbocycles. The van der Waals surface area contributed by atoms with Crippen molar-refractivity contribution < 1.29 is 32.7 Å². The molecule has 0 saturated heterocycles. The van der Waals surface area contributed by atoms with Crippen molar-refractivity contribution in [2.45, 2.75) is 0 Å². The van der Waals surface area contributed by atoms with Gasteiger partial charge in [-0.3, -0.25) is 0 Å². The fraction of sp³-hybridized carbons (Fsp3) is 0. The molecule has 0 aliphatic heterocycles. The third-order valence-electron chi connectivity index (χ3n) is 0. The van der Waals surface area contributed by atoms with Gasteiger partial charge in [-0.25, -0.2) is 5.26 Å². The third kappa shape index (κ3) is 1200. The van der Waals surface area contributed by atoms with Crippen molar-refractivity contribution >= 4 is 0 Å². The van der Waals surface area contributed by atoms with Gasteiger partial charge < -0.3 is 11.0 Å². The molecule has 0 aromatic rings. The normalized spacial score (nSPS) is 0.400. The van der Waals surface area contributed by atoms with E-state index in [9.17, 15) is 0 Å². The molecule has 0 amide bonds. The van der Waals surface area contributed by atoms with E-state index < -0.39 is 0 Å². The monoisotopic (exact) mass is 111 g/mol. The maximum absolute atomic E-state index is 6.50. The molecule has 0 radical (unpaired) electrons. The first kappa shape index (κ1) is 69.0. The predicted octanol–water partition coefficient (Wildman–Crippen LogP) is -1.51. The number of hydrogen-bond donors (Lipinski definition) is 0. The fourth-order valence-corrected chi connectivity index (χ4v) is 0. The summed E-state index contributed by atoms with van der Waals surface area (Å²) in [6, 6.07) is 0. The van der Waals surface area contributed by atoms with E-state index in [4.69, 9.17) is 5.26 Å². The van der Waals surface area contributed by atoms with Crippen molar-refractivity contribution in [3.63, 3.8) is 0 Å². The zero-order valence-corrected chi connectivity index (χ0v) is 4.09. The average Bonchev–Trinajstić information content (AvgIpc) is 1.00. The largest absolute Gasteiger partial charge is 0.412 e. The third-order valence-corrected chi connectivity index (χ3v) is 0. The minimum Gasteiger partial charge on any atom is -0.412 e. The maximum atomic E-state index is 6.50. The van der Waals surface area contributed by atoms with E-state index >= 15 is 0 Å². The van der Waals surface area contributed by atoms with Crippen molar-refractivity contribution in [2.24, 2.45) is 0 Å². The van der Waals surface area contributed by atoms with Crippen LogP contribution in [0.4, 0.5) is 0 Å². The van der Waals surface area contributed by atoms with Crippen LogP contribution in [0.3, 0.4) is 0 Å². The Kier molecular flexibility index (Phi) is 35900. The van der Waals surface area contributed by atoms with E-state index in [0.29, 0.717) is 0 Å². The van der Waals surface area contributed by atoms with Crippen molar-refractivity contribution in [3.05, 3.63) is 0 Å². The van der Waals surface area contributed by atoms with Crippen LogP contribution in [0.25, 0.3) is 0 Å². The van der Waals surface area contributed by atoms with E-state index in [1.165, 1.54) is 0 Å². The number of nitriles is 1. The van der Waals surface area contributed by atoms with Crippen LogP contribution in [-0.2, 0) is 21.7 Å². The molecule has 0 fully saturated rings. The second kappa shape index (κ2) is 2610. The number of hydrogen-bond acceptors (Lipinski definition) is 1. The Morgan fingerprint density at radius 3 is 1.00 bits per heavy atom. The van der Waals surface area contributed by atoms with Gasteiger partial charge >= 0.3 is 0 Å². The standard InChI is InChI=1S/CHN.2H2O.Ti/c1-2;;;/h1H;2*1H2;. The van der Waals surface area contributed by atoms with E-state index in [1.807, 2.05) is 0 Å². The van der Waals surface area contributed by atoms with Crippen LogP contribution in [0.15, 0.2) is 0 Å². The Labute approximate surface area is 45.1 Å². The summed E-state index contributed by atoms with van der Waals surface area (Å²) in [7, 11) is 0. The molecule has 4 heteroatoms. The van der Waals surface area contributed by atoms with Gasteiger partial charge in [-0.05, 0) is 0 Å². The summed E-state index contributed by atoms with van der Waals surface area (Å²) in [6.45, 7) is 3.50. The van der Waals surface area contributed by atoms with Gasteiger partial charge in [0.2, 0.25) is 0 Å². The van der Waals surface area contributed by atoms with Gasteiger partial charge in [-0.1, -0.05) is 0 Å². The van der Waals surface area contributed by atoms with Gasteiger partial charge in [0.15, 0.2) is 0 Å². The molecule has 30 valence electrons. The van der Waals surface area contributed by atoms with Gasteiger partial charge in [0.05, 0.1) is 0 Å². The van der Waals surface area contributed by atoms with Crippen molar-refractivity contribution in [3.8, 4) is 6.57 Å². The Hall–Kier alpha value is 0.124. The summed E-state index contributed by atoms with van der Waals surface area (Å²) < 4.78 is 0. The smallest absolute Gasteiger partial charge is 0.0462 e. The van der Waals surface area contributed by atoms with Crippen LogP contribution in [0, 0.1) is 11.8 Å². The molecule has 0 aliphatic carbocycles. The van der Waals surface area contributed by atoms with Gasteiger partial charge in [0.25, 0.3) is 0 Å². The molecule has 3 nitrogen and oxygen atoms in total. The molecule has 0 aliphatic rings. The summed E-state index contributed by atoms with van der Waals surface area (Å²) in [6.07, 6.45) is 0. The van der Waals surface area contributed by atoms with E-state index in [1.54, 1.807) is 0 Å². The molecule has 0 aromatic heterocycles. The number of rotatable bonds is 0. The van der Waals surface area contributed by atoms with E-state index in [0.717, 1.165) is 0 Å². The summed E-state index contributed by atoms with van der Waals surface area (Å²) in [5, 5.41) is 6.50. The molecule has 0 aromatic carbocycles. The molecule has 4 N–H and O–H groups in total. The molecule has 0 spiro atoms. The summed E-state index contributed by atoms with van der Waals surface area (Å²) in [4.78, 5) is 0. The first-order valence-corrected chi connectivity index (χ1v) is 0.258. The summed E-state index contributed by atoms with van der Waals surface area (Å²) in [5.41, 5.74) is 0. The molecule has 5 heavy (non-hydrogen) atoms. The van der Waals surface area contributed by atoms with Gasteiger partial charge in [0, 0.05) is 28.3 Å². The second-order valence-electron chi connectivity index (χ2n) is 0. The zero-order valence-electron chi connectivity index (χ0n) is 2.52. The molecule has 0 unspecified atom stereocenters. The predicted molar refractivity (Wildman–Crippen MR) is 13.9 cm³/mol. The number of nitrogens with zero attached hydrogens (tertiary/aromatic N) is 1. The van der Waals surface area contributed by atoms with Crippen molar-refractivity contribution in [1.82, 2.24) is 0 Å².